The molecule has 18 heavy (non-hydrogen) atoms. The third-order valence-electron chi connectivity index (χ3n) is 0.805. The molecule has 0 aliphatic carbocycles. The lowest BCUT2D eigenvalue weighted by molar-refractivity contribution is -0.137. The van der Waals surface area contributed by atoms with Gasteiger partial charge >= 0.3 is 11.9 Å². The van der Waals surface area contributed by atoms with Crippen LogP contribution in [0.15, 0.2) is 0 Å². The number of aliphatic carboxylic acids is 2. The molecule has 0 saturated heterocycles. The molecule has 0 bridgehead atoms. The zero-order chi connectivity index (χ0) is 15.4. The van der Waals surface area contributed by atoms with Crippen molar-refractivity contribution in [3.8, 4) is 0 Å². The summed E-state index contributed by atoms with van der Waals surface area (Å²) >= 11 is 0. The number of carbonyl (C=O) groups is 2. The summed E-state index contributed by atoms with van der Waals surface area (Å²) in [5, 5.41) is 45.9. The van der Waals surface area contributed by atoms with Gasteiger partial charge in [0.25, 0.3) is 0 Å². The van der Waals surface area contributed by atoms with Crippen molar-refractivity contribution in [1.82, 2.24) is 0 Å². The maximum absolute atomic E-state index is 9.37. The Hall–Kier alpha value is -1.22. The Labute approximate surface area is 106 Å². The van der Waals surface area contributed by atoms with Gasteiger partial charge in [0.15, 0.2) is 0 Å². The zero-order valence-corrected chi connectivity index (χ0v) is 10.7. The first-order chi connectivity index (χ1) is 8.37. The van der Waals surface area contributed by atoms with Gasteiger partial charge in [-0.2, -0.15) is 0 Å². The van der Waals surface area contributed by atoms with Crippen molar-refractivity contribution in [1.29, 1.82) is 0 Å². The van der Waals surface area contributed by atoms with E-state index in [-0.39, 0.29) is 39.3 Å². The minimum Gasteiger partial charge on any atom is -0.481 e. The van der Waals surface area contributed by atoms with Crippen molar-refractivity contribution < 1.29 is 40.2 Å². The molecule has 0 aromatic rings. The highest BCUT2D eigenvalue weighted by molar-refractivity contribution is 5.66. The first-order valence-electron chi connectivity index (χ1n) is 5.24. The van der Waals surface area contributed by atoms with Crippen molar-refractivity contribution >= 4 is 11.9 Å². The van der Waals surface area contributed by atoms with Crippen LogP contribution in [0.1, 0.15) is 26.7 Å². The van der Waals surface area contributed by atoms with Crippen LogP contribution >= 0.6 is 0 Å². The largest absolute Gasteiger partial charge is 0.481 e. The van der Waals surface area contributed by atoms with Gasteiger partial charge in [-0.3, -0.25) is 9.59 Å². The third-order valence-corrected chi connectivity index (χ3v) is 0.805. The minimum atomic E-state index is -0.745. The maximum Gasteiger partial charge on any atom is 0.303 e. The molecule has 8 nitrogen and oxygen atoms in total. The fourth-order valence-electron chi connectivity index (χ4n) is 0. The van der Waals surface area contributed by atoms with Gasteiger partial charge in [0.1, 0.15) is 0 Å². The van der Waals surface area contributed by atoms with Gasteiger partial charge in [-0.15, -0.1) is 0 Å². The number of carboxylic acids is 2. The van der Waals surface area contributed by atoms with Crippen molar-refractivity contribution in [2.24, 2.45) is 0 Å². The van der Waals surface area contributed by atoms with Crippen LogP contribution in [0.25, 0.3) is 0 Å². The van der Waals surface area contributed by atoms with E-state index in [2.05, 4.69) is 0 Å². The molecule has 0 spiro atoms. The second-order valence-corrected chi connectivity index (χ2v) is 2.39. The molecule has 0 aliphatic heterocycles. The molecule has 0 amide bonds. The Morgan fingerprint density at radius 3 is 0.778 bits per heavy atom. The van der Waals surface area contributed by atoms with Crippen molar-refractivity contribution in [2.75, 3.05) is 26.4 Å². The van der Waals surface area contributed by atoms with Crippen LogP contribution in [0.5, 0.6) is 0 Å². The Morgan fingerprint density at radius 2 is 0.778 bits per heavy atom. The van der Waals surface area contributed by atoms with E-state index < -0.39 is 11.9 Å². The highest BCUT2D eigenvalue weighted by Crippen LogP contribution is 1.67. The normalized spacial score (nSPS) is 7.44. The first-order valence-corrected chi connectivity index (χ1v) is 5.24. The summed E-state index contributed by atoms with van der Waals surface area (Å²) in [6.07, 6.45) is 0.444. The van der Waals surface area contributed by atoms with Crippen LogP contribution in [0.3, 0.4) is 0 Å². The van der Waals surface area contributed by atoms with Gasteiger partial charge in [-0.1, -0.05) is 13.8 Å². The van der Waals surface area contributed by atoms with E-state index in [9.17, 15) is 9.59 Å². The lowest BCUT2D eigenvalue weighted by Gasteiger charge is -1.71. The van der Waals surface area contributed by atoms with Crippen LogP contribution in [0, 0.1) is 0 Å². The maximum atomic E-state index is 9.37. The molecule has 112 valence electrons. The third kappa shape index (κ3) is 123. The molecule has 0 aliphatic rings. The molecule has 0 heterocycles. The number of carboxylic acid groups (broad SMARTS) is 2. The van der Waals surface area contributed by atoms with Crippen molar-refractivity contribution in [3.63, 3.8) is 0 Å². The molecule has 0 unspecified atom stereocenters. The summed E-state index contributed by atoms with van der Waals surface area (Å²) in [7, 11) is 0. The molecule has 6 N–H and O–H groups in total. The topological polar surface area (TPSA) is 156 Å². The molecule has 0 fully saturated rings. The molecular formula is C10H24O8. The quantitative estimate of drug-likeness (QED) is 0.377. The highest BCUT2D eigenvalue weighted by atomic mass is 16.4. The molecule has 0 aromatic carbocycles. The summed E-state index contributed by atoms with van der Waals surface area (Å²) in [5.41, 5.74) is 0. The standard InChI is InChI=1S/2C3H6O2.2C2H6O2/c2*1-2-3(4)5;2*3-1-2-4/h2*2H2,1H3,(H,4,5);2*3-4H,1-2H2. The van der Waals surface area contributed by atoms with E-state index in [1.807, 2.05) is 0 Å². The van der Waals surface area contributed by atoms with Gasteiger partial charge < -0.3 is 30.6 Å². The Balaban J connectivity index is -0.0000000731. The van der Waals surface area contributed by atoms with Crippen molar-refractivity contribution in [3.05, 3.63) is 0 Å². The van der Waals surface area contributed by atoms with Gasteiger partial charge in [0, 0.05) is 12.8 Å². The number of aliphatic hydroxyl groups excluding tert-OH is 4. The molecule has 0 radical (unpaired) electrons. The van der Waals surface area contributed by atoms with E-state index in [4.69, 9.17) is 30.6 Å². The molecule has 0 aromatic heterocycles. The van der Waals surface area contributed by atoms with Crippen LogP contribution in [0.2, 0.25) is 0 Å². The summed E-state index contributed by atoms with van der Waals surface area (Å²) < 4.78 is 0. The molecular weight excluding hydrogens is 248 g/mol. The summed E-state index contributed by atoms with van der Waals surface area (Å²) in [6.45, 7) is 2.70. The number of hydrogen-bond donors (Lipinski definition) is 6. The lowest BCUT2D eigenvalue weighted by atomic mass is 10.5. The van der Waals surface area contributed by atoms with Crippen LogP contribution in [-0.4, -0.2) is 69.0 Å². The first kappa shape index (κ1) is 25.6. The van der Waals surface area contributed by atoms with Crippen LogP contribution < -0.4 is 0 Å². The second kappa shape index (κ2) is 29.7. The predicted molar refractivity (Wildman–Crippen MR) is 64.2 cm³/mol. The summed E-state index contributed by atoms with van der Waals surface area (Å²) in [4.78, 5) is 18.7. The Kier molecular flexibility index (Phi) is 42.2. The fraction of sp³-hybridized carbons (Fsp3) is 0.800. The molecule has 0 rings (SSSR count). The van der Waals surface area contributed by atoms with Gasteiger partial charge in [0.2, 0.25) is 0 Å². The predicted octanol–water partition coefficient (Wildman–Crippen LogP) is -1.10. The van der Waals surface area contributed by atoms with E-state index in [0.29, 0.717) is 0 Å². The summed E-state index contributed by atoms with van der Waals surface area (Å²) in [5.74, 6) is -1.49. The smallest absolute Gasteiger partial charge is 0.303 e. The fourth-order valence-corrected chi connectivity index (χ4v) is 0. The average Bonchev–Trinajstić information content (AvgIpc) is 2.39. The highest BCUT2D eigenvalue weighted by Gasteiger charge is 1.81. The number of aliphatic hydroxyl groups is 4. The number of hydrogen-bond acceptors (Lipinski definition) is 6. The van der Waals surface area contributed by atoms with E-state index >= 15 is 0 Å². The van der Waals surface area contributed by atoms with E-state index in [1.165, 1.54) is 0 Å². The average molecular weight is 272 g/mol. The second-order valence-electron chi connectivity index (χ2n) is 2.39. The number of rotatable bonds is 4. The monoisotopic (exact) mass is 272 g/mol. The minimum absolute atomic E-state index is 0.125. The summed E-state index contributed by atoms with van der Waals surface area (Å²) in [6, 6.07) is 0. The lowest BCUT2D eigenvalue weighted by Crippen LogP contribution is -1.86. The van der Waals surface area contributed by atoms with E-state index in [1.54, 1.807) is 13.8 Å². The molecule has 0 saturated carbocycles. The van der Waals surface area contributed by atoms with Gasteiger partial charge in [0.05, 0.1) is 26.4 Å². The SMILES string of the molecule is CCC(=O)O.CCC(=O)O.OCCO.OCCO. The molecule has 8 heteroatoms. The van der Waals surface area contributed by atoms with Gasteiger partial charge in [-0.25, -0.2) is 0 Å². The van der Waals surface area contributed by atoms with Crippen LogP contribution in [-0.2, 0) is 9.59 Å². The molecule has 0 atom stereocenters. The van der Waals surface area contributed by atoms with Crippen LogP contribution in [0.4, 0.5) is 0 Å². The van der Waals surface area contributed by atoms with Crippen molar-refractivity contribution in [2.45, 2.75) is 26.7 Å². The zero-order valence-electron chi connectivity index (χ0n) is 10.7. The Bertz CT molecular complexity index is 138. The van der Waals surface area contributed by atoms with E-state index in [0.717, 1.165) is 0 Å². The Morgan fingerprint density at radius 1 is 0.667 bits per heavy atom. The van der Waals surface area contributed by atoms with Gasteiger partial charge in [-0.05, 0) is 0 Å².